The SMILES string of the molecule is CC(C)(C)OC(=O)NCC1=C[C@@H](c2ccccc2)N=C1. The summed E-state index contributed by atoms with van der Waals surface area (Å²) in [6, 6.07) is 10.1. The van der Waals surface area contributed by atoms with Gasteiger partial charge in [0.05, 0.1) is 6.04 Å². The molecule has 1 amide bonds. The van der Waals surface area contributed by atoms with Crippen molar-refractivity contribution in [3.63, 3.8) is 0 Å². The second-order valence-corrected chi connectivity index (χ2v) is 5.73. The number of hydrogen-bond acceptors (Lipinski definition) is 3. The van der Waals surface area contributed by atoms with Gasteiger partial charge in [-0.1, -0.05) is 30.3 Å². The summed E-state index contributed by atoms with van der Waals surface area (Å²) in [5, 5.41) is 2.73. The fraction of sp³-hybridized carbons (Fsp3) is 0.375. The highest BCUT2D eigenvalue weighted by Crippen LogP contribution is 2.23. The number of hydrogen-bond donors (Lipinski definition) is 1. The van der Waals surface area contributed by atoms with Crippen molar-refractivity contribution in [3.8, 4) is 0 Å². The Labute approximate surface area is 119 Å². The first kappa shape index (κ1) is 14.3. The van der Waals surface area contributed by atoms with Gasteiger partial charge in [-0.3, -0.25) is 4.99 Å². The molecular weight excluding hydrogens is 252 g/mol. The van der Waals surface area contributed by atoms with Gasteiger partial charge in [0, 0.05) is 12.8 Å². The van der Waals surface area contributed by atoms with Crippen molar-refractivity contribution in [2.75, 3.05) is 6.54 Å². The molecule has 0 bridgehead atoms. The molecule has 0 fully saturated rings. The van der Waals surface area contributed by atoms with Gasteiger partial charge in [0.15, 0.2) is 0 Å². The van der Waals surface area contributed by atoms with E-state index in [-0.39, 0.29) is 6.04 Å². The highest BCUT2D eigenvalue weighted by Gasteiger charge is 2.17. The van der Waals surface area contributed by atoms with Gasteiger partial charge in [-0.2, -0.15) is 0 Å². The van der Waals surface area contributed by atoms with Crippen molar-refractivity contribution in [1.82, 2.24) is 5.32 Å². The molecule has 1 aromatic carbocycles. The predicted molar refractivity (Wildman–Crippen MR) is 80.0 cm³/mol. The molecule has 1 heterocycles. The van der Waals surface area contributed by atoms with Crippen LogP contribution in [0.1, 0.15) is 32.4 Å². The van der Waals surface area contributed by atoms with E-state index in [1.165, 1.54) is 0 Å². The lowest BCUT2D eigenvalue weighted by molar-refractivity contribution is 0.0533. The van der Waals surface area contributed by atoms with Crippen LogP contribution in [0.25, 0.3) is 0 Å². The van der Waals surface area contributed by atoms with E-state index >= 15 is 0 Å². The Kier molecular flexibility index (Phi) is 4.23. The largest absolute Gasteiger partial charge is 0.444 e. The van der Waals surface area contributed by atoms with Crippen LogP contribution in [-0.2, 0) is 4.74 Å². The third-order valence-corrected chi connectivity index (χ3v) is 2.75. The van der Waals surface area contributed by atoms with Gasteiger partial charge < -0.3 is 10.1 Å². The predicted octanol–water partition coefficient (Wildman–Crippen LogP) is 3.26. The third kappa shape index (κ3) is 4.23. The number of amides is 1. The first-order chi connectivity index (χ1) is 9.44. The molecule has 0 unspecified atom stereocenters. The van der Waals surface area contributed by atoms with E-state index in [0.717, 1.165) is 11.1 Å². The van der Waals surface area contributed by atoms with E-state index in [9.17, 15) is 4.79 Å². The fourth-order valence-corrected chi connectivity index (χ4v) is 1.89. The van der Waals surface area contributed by atoms with E-state index in [1.807, 2.05) is 57.2 Å². The van der Waals surface area contributed by atoms with Crippen LogP contribution in [0.3, 0.4) is 0 Å². The van der Waals surface area contributed by atoms with Crippen molar-refractivity contribution >= 4 is 12.3 Å². The van der Waals surface area contributed by atoms with Gasteiger partial charge in [0.1, 0.15) is 5.60 Å². The van der Waals surface area contributed by atoms with E-state index in [1.54, 1.807) is 6.21 Å². The molecule has 106 valence electrons. The summed E-state index contributed by atoms with van der Waals surface area (Å²) in [6.07, 6.45) is 3.44. The molecule has 1 atom stereocenters. The Morgan fingerprint density at radius 3 is 2.65 bits per heavy atom. The minimum Gasteiger partial charge on any atom is -0.444 e. The van der Waals surface area contributed by atoms with E-state index in [0.29, 0.717) is 6.54 Å². The molecule has 1 aromatic rings. The average Bonchev–Trinajstić information content (AvgIpc) is 2.84. The maximum atomic E-state index is 11.6. The van der Waals surface area contributed by atoms with Crippen molar-refractivity contribution in [2.45, 2.75) is 32.4 Å². The molecule has 1 aliphatic rings. The standard InChI is InChI=1S/C16H20N2O2/c1-16(2,3)20-15(19)18-11-12-9-14(17-10-12)13-7-5-4-6-8-13/h4-10,14H,11H2,1-3H3,(H,18,19)/t14-/m0/s1. The fourth-order valence-electron chi connectivity index (χ4n) is 1.89. The number of nitrogens with zero attached hydrogens (tertiary/aromatic N) is 1. The number of nitrogens with one attached hydrogen (secondary N) is 1. The summed E-state index contributed by atoms with van der Waals surface area (Å²) in [6.45, 7) is 5.96. The summed E-state index contributed by atoms with van der Waals surface area (Å²) in [4.78, 5) is 16.0. The highest BCUT2D eigenvalue weighted by molar-refractivity contribution is 5.83. The number of rotatable bonds is 3. The topological polar surface area (TPSA) is 50.7 Å². The van der Waals surface area contributed by atoms with Gasteiger partial charge in [0.2, 0.25) is 0 Å². The van der Waals surface area contributed by atoms with Gasteiger partial charge in [-0.05, 0) is 38.0 Å². The lowest BCUT2D eigenvalue weighted by Crippen LogP contribution is -2.33. The van der Waals surface area contributed by atoms with Crippen LogP contribution >= 0.6 is 0 Å². The number of carbonyl (C=O) groups excluding carboxylic acids is 1. The summed E-state index contributed by atoms with van der Waals surface area (Å²) < 4.78 is 5.19. The molecule has 0 saturated carbocycles. The van der Waals surface area contributed by atoms with Crippen molar-refractivity contribution in [1.29, 1.82) is 0 Å². The van der Waals surface area contributed by atoms with Gasteiger partial charge in [0.25, 0.3) is 0 Å². The molecule has 0 spiro atoms. The first-order valence-corrected chi connectivity index (χ1v) is 6.70. The van der Waals surface area contributed by atoms with Crippen molar-refractivity contribution < 1.29 is 9.53 Å². The quantitative estimate of drug-likeness (QED) is 0.918. The molecule has 1 aliphatic heterocycles. The van der Waals surface area contributed by atoms with Crippen LogP contribution in [0, 0.1) is 0 Å². The minimum absolute atomic E-state index is 0.0478. The molecular formula is C16H20N2O2. The zero-order valence-corrected chi connectivity index (χ0v) is 12.1. The molecule has 0 aliphatic carbocycles. The van der Waals surface area contributed by atoms with Gasteiger partial charge in [-0.15, -0.1) is 0 Å². The van der Waals surface area contributed by atoms with Crippen LogP contribution in [0.2, 0.25) is 0 Å². The van der Waals surface area contributed by atoms with E-state index < -0.39 is 11.7 Å². The number of carbonyl (C=O) groups is 1. The monoisotopic (exact) mass is 272 g/mol. The molecule has 0 saturated heterocycles. The average molecular weight is 272 g/mol. The van der Waals surface area contributed by atoms with Crippen LogP contribution in [-0.4, -0.2) is 24.5 Å². The first-order valence-electron chi connectivity index (χ1n) is 6.70. The summed E-state index contributed by atoms with van der Waals surface area (Å²) in [7, 11) is 0. The lowest BCUT2D eigenvalue weighted by atomic mass is 10.1. The Bertz CT molecular complexity index is 527. The minimum atomic E-state index is -0.477. The zero-order valence-electron chi connectivity index (χ0n) is 12.1. The number of aliphatic imine (C=N–C) groups is 1. The molecule has 4 heteroatoms. The molecule has 20 heavy (non-hydrogen) atoms. The number of benzene rings is 1. The molecule has 1 N–H and O–H groups in total. The third-order valence-electron chi connectivity index (χ3n) is 2.75. The van der Waals surface area contributed by atoms with Gasteiger partial charge in [-0.25, -0.2) is 4.79 Å². The molecule has 2 rings (SSSR count). The second kappa shape index (κ2) is 5.90. The normalized spacial score (nSPS) is 17.8. The summed E-state index contributed by atoms with van der Waals surface area (Å²) >= 11 is 0. The molecule has 0 radical (unpaired) electrons. The Balaban J connectivity index is 1.87. The van der Waals surface area contributed by atoms with Crippen LogP contribution in [0.15, 0.2) is 47.0 Å². The molecule has 0 aromatic heterocycles. The lowest BCUT2D eigenvalue weighted by Gasteiger charge is -2.19. The van der Waals surface area contributed by atoms with Crippen LogP contribution in [0.4, 0.5) is 4.79 Å². The number of ether oxygens (including phenoxy) is 1. The molecule has 4 nitrogen and oxygen atoms in total. The smallest absolute Gasteiger partial charge is 0.407 e. The maximum Gasteiger partial charge on any atom is 0.407 e. The highest BCUT2D eigenvalue weighted by atomic mass is 16.6. The Morgan fingerprint density at radius 1 is 1.30 bits per heavy atom. The Hall–Kier alpha value is -2.10. The van der Waals surface area contributed by atoms with Crippen LogP contribution < -0.4 is 5.32 Å². The summed E-state index contributed by atoms with van der Waals surface area (Å²) in [5.74, 6) is 0. The van der Waals surface area contributed by atoms with Crippen molar-refractivity contribution in [2.24, 2.45) is 4.99 Å². The van der Waals surface area contributed by atoms with E-state index in [4.69, 9.17) is 4.74 Å². The van der Waals surface area contributed by atoms with Gasteiger partial charge >= 0.3 is 6.09 Å². The Morgan fingerprint density at radius 2 is 2.00 bits per heavy atom. The van der Waals surface area contributed by atoms with Crippen LogP contribution in [0.5, 0.6) is 0 Å². The van der Waals surface area contributed by atoms with Crippen molar-refractivity contribution in [3.05, 3.63) is 47.5 Å². The maximum absolute atomic E-state index is 11.6. The van der Waals surface area contributed by atoms with E-state index in [2.05, 4.69) is 10.3 Å². The summed E-state index contributed by atoms with van der Waals surface area (Å²) in [5.41, 5.74) is 1.66. The number of alkyl carbamates (subject to hydrolysis) is 1. The second-order valence-electron chi connectivity index (χ2n) is 5.73. The zero-order chi connectivity index (χ0) is 14.6.